The number of hydrogen-bond acceptors (Lipinski definition) is 4. The normalized spacial score (nSPS) is 42.1. The molecule has 4 nitrogen and oxygen atoms in total. The van der Waals surface area contributed by atoms with E-state index in [1.54, 1.807) is 0 Å². The van der Waals surface area contributed by atoms with Crippen LogP contribution in [0, 0.1) is 10.8 Å². The smallest absolute Gasteiger partial charge is 0.265 e. The molecule has 0 bridgehead atoms. The van der Waals surface area contributed by atoms with E-state index in [1.165, 1.54) is 0 Å². The molecule has 0 saturated heterocycles. The number of allylic oxidation sites excluding steroid dienone is 4. The third-order valence-electron chi connectivity index (χ3n) is 4.67. The molecule has 98 valence electrons. The van der Waals surface area contributed by atoms with Crippen LogP contribution in [0.3, 0.4) is 0 Å². The predicted octanol–water partition coefficient (Wildman–Crippen LogP) is 1.59. The van der Waals surface area contributed by atoms with Crippen LogP contribution in [0.25, 0.3) is 0 Å². The van der Waals surface area contributed by atoms with E-state index in [9.17, 15) is 13.2 Å². The fourth-order valence-corrected chi connectivity index (χ4v) is 4.39. The van der Waals surface area contributed by atoms with Crippen LogP contribution in [0.1, 0.15) is 25.7 Å². The van der Waals surface area contributed by atoms with E-state index >= 15 is 0 Å². The van der Waals surface area contributed by atoms with Gasteiger partial charge in [0.15, 0.2) is 5.78 Å². The van der Waals surface area contributed by atoms with Crippen molar-refractivity contribution in [3.63, 3.8) is 0 Å². The average molecular weight is 268 g/mol. The van der Waals surface area contributed by atoms with E-state index in [4.69, 9.17) is 4.18 Å². The molecule has 0 aromatic heterocycles. The fourth-order valence-electron chi connectivity index (χ4n) is 3.77. The molecule has 3 aliphatic rings. The van der Waals surface area contributed by atoms with Crippen molar-refractivity contribution in [1.82, 2.24) is 0 Å². The molecule has 1 unspecified atom stereocenters. The highest BCUT2D eigenvalue weighted by Gasteiger charge is 2.72. The molecule has 18 heavy (non-hydrogen) atoms. The molecule has 1 saturated carbocycles. The van der Waals surface area contributed by atoms with Crippen LogP contribution in [0.2, 0.25) is 0 Å². The van der Waals surface area contributed by atoms with E-state index in [0.717, 1.165) is 19.1 Å². The highest BCUT2D eigenvalue weighted by molar-refractivity contribution is 7.86. The lowest BCUT2D eigenvalue weighted by molar-refractivity contribution is -0.192. The maximum absolute atomic E-state index is 12.4. The van der Waals surface area contributed by atoms with Gasteiger partial charge in [0, 0.05) is 10.8 Å². The van der Waals surface area contributed by atoms with Gasteiger partial charge in [0.05, 0.1) is 6.26 Å². The molecule has 0 aliphatic heterocycles. The molecule has 0 amide bonds. The second kappa shape index (κ2) is 3.54. The zero-order valence-electron chi connectivity index (χ0n) is 10.3. The van der Waals surface area contributed by atoms with Gasteiger partial charge in [0.1, 0.15) is 6.10 Å². The Morgan fingerprint density at radius 3 is 2.11 bits per heavy atom. The molecule has 3 aliphatic carbocycles. The molecular formula is C13H16O4S. The van der Waals surface area contributed by atoms with Crippen LogP contribution in [-0.2, 0) is 19.1 Å². The second-order valence-electron chi connectivity index (χ2n) is 5.54. The maximum atomic E-state index is 12.4. The van der Waals surface area contributed by atoms with Gasteiger partial charge in [-0.2, -0.15) is 8.42 Å². The fraction of sp³-hybridized carbons (Fsp3) is 0.615. The highest BCUT2D eigenvalue weighted by Crippen LogP contribution is 2.67. The first-order valence-corrected chi connectivity index (χ1v) is 7.96. The lowest BCUT2D eigenvalue weighted by atomic mass is 9.39. The van der Waals surface area contributed by atoms with Crippen LogP contribution in [0.15, 0.2) is 24.3 Å². The third-order valence-corrected chi connectivity index (χ3v) is 5.21. The summed E-state index contributed by atoms with van der Waals surface area (Å²) < 4.78 is 27.7. The minimum absolute atomic E-state index is 0.0402. The number of carbonyl (C=O) groups excluding carboxylic acids is 1. The number of Topliss-reactive ketones (excluding diaryl/α,β-unsaturated/α-hetero) is 1. The van der Waals surface area contributed by atoms with Gasteiger partial charge in [-0.3, -0.25) is 8.98 Å². The number of rotatable bonds is 2. The Hall–Kier alpha value is -0.940. The van der Waals surface area contributed by atoms with Crippen LogP contribution in [0.4, 0.5) is 0 Å². The van der Waals surface area contributed by atoms with Gasteiger partial charge >= 0.3 is 0 Å². The second-order valence-corrected chi connectivity index (χ2v) is 7.14. The Kier molecular flexibility index (Phi) is 2.38. The van der Waals surface area contributed by atoms with Crippen molar-refractivity contribution in [3.05, 3.63) is 24.3 Å². The monoisotopic (exact) mass is 268 g/mol. The number of hydrogen-bond donors (Lipinski definition) is 0. The van der Waals surface area contributed by atoms with Gasteiger partial charge < -0.3 is 0 Å². The largest absolute Gasteiger partial charge is 0.296 e. The number of carbonyl (C=O) groups is 1. The first-order valence-electron chi connectivity index (χ1n) is 6.14. The van der Waals surface area contributed by atoms with Crippen LogP contribution in [0.5, 0.6) is 0 Å². The zero-order chi connectivity index (χ0) is 13.0. The van der Waals surface area contributed by atoms with Crippen molar-refractivity contribution in [2.24, 2.45) is 10.8 Å². The molecule has 0 aromatic carbocycles. The quantitative estimate of drug-likeness (QED) is 0.563. The SMILES string of the molecule is CS(=O)(=O)OC1C(=O)C23CC=CCC12CC=CC3. The summed E-state index contributed by atoms with van der Waals surface area (Å²) in [5.41, 5.74) is -0.747. The minimum Gasteiger partial charge on any atom is -0.296 e. The summed E-state index contributed by atoms with van der Waals surface area (Å²) in [5.74, 6) is -0.0402. The van der Waals surface area contributed by atoms with E-state index in [1.807, 2.05) is 24.3 Å². The van der Waals surface area contributed by atoms with Gasteiger partial charge in [-0.15, -0.1) is 0 Å². The van der Waals surface area contributed by atoms with E-state index in [-0.39, 0.29) is 11.2 Å². The summed E-state index contributed by atoms with van der Waals surface area (Å²) in [7, 11) is -3.60. The van der Waals surface area contributed by atoms with Crippen molar-refractivity contribution in [1.29, 1.82) is 0 Å². The summed E-state index contributed by atoms with van der Waals surface area (Å²) in [6, 6.07) is 0. The Labute approximate surface area is 107 Å². The Bertz CT molecular complexity index is 538. The van der Waals surface area contributed by atoms with Gasteiger partial charge in [-0.25, -0.2) is 0 Å². The lowest BCUT2D eigenvalue weighted by Crippen LogP contribution is -2.71. The summed E-state index contributed by atoms with van der Waals surface area (Å²) in [5, 5.41) is 0. The maximum Gasteiger partial charge on any atom is 0.265 e. The summed E-state index contributed by atoms with van der Waals surface area (Å²) in [6.45, 7) is 0. The average Bonchev–Trinajstić information content (AvgIpc) is 2.33. The van der Waals surface area contributed by atoms with Crippen LogP contribution >= 0.6 is 0 Å². The standard InChI is InChI=1S/C13H16O4S/c1-18(15,16)17-11-10(14)12-6-2-4-8-13(11,12)9-5-3-7-12/h2-5,11H,6-9H2,1H3. The highest BCUT2D eigenvalue weighted by atomic mass is 32.2. The van der Waals surface area contributed by atoms with E-state index < -0.39 is 21.6 Å². The molecule has 3 rings (SSSR count). The number of ketones is 1. The van der Waals surface area contributed by atoms with Crippen LogP contribution < -0.4 is 0 Å². The van der Waals surface area contributed by atoms with Crippen molar-refractivity contribution in [3.8, 4) is 0 Å². The predicted molar refractivity (Wildman–Crippen MR) is 66.3 cm³/mol. The summed E-state index contributed by atoms with van der Waals surface area (Å²) in [6.07, 6.45) is 11.2. The first kappa shape index (κ1) is 12.1. The molecule has 1 atom stereocenters. The van der Waals surface area contributed by atoms with E-state index in [2.05, 4.69) is 0 Å². The molecule has 0 aromatic rings. The molecule has 0 N–H and O–H groups in total. The molecule has 1 fully saturated rings. The lowest BCUT2D eigenvalue weighted by Gasteiger charge is -2.63. The van der Waals surface area contributed by atoms with E-state index in [0.29, 0.717) is 12.8 Å². The van der Waals surface area contributed by atoms with Crippen molar-refractivity contribution in [2.75, 3.05) is 6.26 Å². The first-order chi connectivity index (χ1) is 8.41. The van der Waals surface area contributed by atoms with Gasteiger partial charge in [0.25, 0.3) is 10.1 Å². The Balaban J connectivity index is 2.03. The molecular weight excluding hydrogens is 252 g/mol. The van der Waals surface area contributed by atoms with Crippen molar-refractivity contribution >= 4 is 15.9 Å². The Morgan fingerprint density at radius 2 is 1.61 bits per heavy atom. The van der Waals surface area contributed by atoms with Crippen LogP contribution in [-0.4, -0.2) is 26.6 Å². The molecule has 0 radical (unpaired) electrons. The van der Waals surface area contributed by atoms with Crippen molar-refractivity contribution < 1.29 is 17.4 Å². The molecule has 5 heteroatoms. The minimum atomic E-state index is -3.60. The summed E-state index contributed by atoms with van der Waals surface area (Å²) >= 11 is 0. The molecule has 0 heterocycles. The molecule has 0 spiro atoms. The van der Waals surface area contributed by atoms with Gasteiger partial charge in [-0.05, 0) is 25.7 Å². The Morgan fingerprint density at radius 1 is 1.11 bits per heavy atom. The summed E-state index contributed by atoms with van der Waals surface area (Å²) in [4.78, 5) is 12.4. The van der Waals surface area contributed by atoms with Crippen molar-refractivity contribution in [2.45, 2.75) is 31.8 Å². The topological polar surface area (TPSA) is 60.4 Å². The zero-order valence-corrected chi connectivity index (χ0v) is 11.1. The van der Waals surface area contributed by atoms with Gasteiger partial charge in [-0.1, -0.05) is 24.3 Å². The third kappa shape index (κ3) is 1.34. The van der Waals surface area contributed by atoms with Gasteiger partial charge in [0.2, 0.25) is 0 Å².